The lowest BCUT2D eigenvalue weighted by Crippen LogP contribution is -2.46. The molecule has 124 valence electrons. The second-order valence-corrected chi connectivity index (χ2v) is 5.65. The van der Waals surface area contributed by atoms with Crippen molar-refractivity contribution in [1.29, 1.82) is 0 Å². The van der Waals surface area contributed by atoms with Gasteiger partial charge in [-0.3, -0.25) is 14.9 Å². The van der Waals surface area contributed by atoms with Crippen molar-refractivity contribution in [2.24, 2.45) is 0 Å². The number of nitrogens with one attached hydrogen (secondary N) is 4. The van der Waals surface area contributed by atoms with Crippen molar-refractivity contribution in [2.45, 2.75) is 38.3 Å². The Hall–Kier alpha value is -2.57. The first-order chi connectivity index (χ1) is 11.0. The predicted molar refractivity (Wildman–Crippen MR) is 87.0 cm³/mol. The Labute approximate surface area is 135 Å². The van der Waals surface area contributed by atoms with Crippen LogP contribution in [0.5, 0.6) is 0 Å². The molecular weight excluding hydrogens is 296 g/mol. The molecule has 7 heteroatoms. The third-order valence-corrected chi connectivity index (χ3v) is 3.52. The summed E-state index contributed by atoms with van der Waals surface area (Å²) in [6.45, 7) is 1.68. The van der Waals surface area contributed by atoms with Crippen LogP contribution in [-0.4, -0.2) is 37.0 Å². The fourth-order valence-electron chi connectivity index (χ4n) is 1.98. The van der Waals surface area contributed by atoms with Crippen LogP contribution in [-0.2, 0) is 16.0 Å². The lowest BCUT2D eigenvalue weighted by Gasteiger charge is -2.15. The van der Waals surface area contributed by atoms with Crippen LogP contribution in [0.1, 0.15) is 25.3 Å². The minimum absolute atomic E-state index is 0.0554. The lowest BCUT2D eigenvalue weighted by molar-refractivity contribution is -0.121. The summed E-state index contributed by atoms with van der Waals surface area (Å²) in [5.74, 6) is -0.447. The molecule has 7 nitrogen and oxygen atoms in total. The van der Waals surface area contributed by atoms with E-state index in [2.05, 4.69) is 21.3 Å². The fourth-order valence-corrected chi connectivity index (χ4v) is 1.98. The molecule has 0 radical (unpaired) electrons. The molecule has 0 heterocycles. The molecule has 1 aliphatic rings. The highest BCUT2D eigenvalue weighted by Gasteiger charge is 2.24. The van der Waals surface area contributed by atoms with Crippen LogP contribution in [0.3, 0.4) is 0 Å². The normalized spacial score (nSPS) is 14.5. The van der Waals surface area contributed by atoms with Gasteiger partial charge in [0.1, 0.15) is 6.04 Å². The summed E-state index contributed by atoms with van der Waals surface area (Å²) in [4.78, 5) is 34.8. The van der Waals surface area contributed by atoms with Crippen molar-refractivity contribution >= 4 is 23.5 Å². The van der Waals surface area contributed by atoms with E-state index in [1.165, 1.54) is 0 Å². The van der Waals surface area contributed by atoms with Crippen LogP contribution in [0.4, 0.5) is 10.5 Å². The summed E-state index contributed by atoms with van der Waals surface area (Å²) < 4.78 is 0. The summed E-state index contributed by atoms with van der Waals surface area (Å²) in [5.41, 5.74) is 1.63. The standard InChI is InChI=1S/C16H22N4O3/c1-10(15(22)20-16(23)19-13-7-8-13)18-12-5-3-11(4-6-12)9-14(21)17-2/h3-6,10,13,18H,7-9H2,1-2H3,(H,17,21)(H2,19,20,22,23). The van der Waals surface area contributed by atoms with Gasteiger partial charge in [-0.1, -0.05) is 12.1 Å². The second kappa shape index (κ2) is 7.62. The molecule has 0 spiro atoms. The van der Waals surface area contributed by atoms with Gasteiger partial charge in [0.2, 0.25) is 11.8 Å². The van der Waals surface area contributed by atoms with E-state index in [1.807, 2.05) is 12.1 Å². The van der Waals surface area contributed by atoms with Crippen molar-refractivity contribution in [1.82, 2.24) is 16.0 Å². The number of benzene rings is 1. The molecule has 1 saturated carbocycles. The van der Waals surface area contributed by atoms with Crippen LogP contribution in [0.15, 0.2) is 24.3 Å². The minimum atomic E-state index is -0.551. The van der Waals surface area contributed by atoms with Crippen molar-refractivity contribution in [3.8, 4) is 0 Å². The highest BCUT2D eigenvalue weighted by molar-refractivity contribution is 5.98. The summed E-state index contributed by atoms with van der Waals surface area (Å²) in [6, 6.07) is 6.44. The Morgan fingerprint density at radius 2 is 1.83 bits per heavy atom. The lowest BCUT2D eigenvalue weighted by atomic mass is 10.1. The Bertz CT molecular complexity index is 581. The van der Waals surface area contributed by atoms with Crippen LogP contribution in [0, 0.1) is 0 Å². The number of hydrogen-bond donors (Lipinski definition) is 4. The van der Waals surface area contributed by atoms with Gasteiger partial charge in [0, 0.05) is 18.8 Å². The molecule has 1 aliphatic carbocycles. The Morgan fingerprint density at radius 1 is 1.17 bits per heavy atom. The largest absolute Gasteiger partial charge is 0.374 e. The molecule has 1 unspecified atom stereocenters. The molecular formula is C16H22N4O3. The average molecular weight is 318 g/mol. The highest BCUT2D eigenvalue weighted by Crippen LogP contribution is 2.18. The zero-order valence-electron chi connectivity index (χ0n) is 13.3. The molecule has 1 atom stereocenters. The third kappa shape index (κ3) is 5.61. The first kappa shape index (κ1) is 16.8. The summed E-state index contributed by atoms with van der Waals surface area (Å²) >= 11 is 0. The summed E-state index contributed by atoms with van der Waals surface area (Å²) in [7, 11) is 1.60. The number of urea groups is 1. The van der Waals surface area contributed by atoms with E-state index < -0.39 is 18.0 Å². The number of rotatable bonds is 6. The van der Waals surface area contributed by atoms with Gasteiger partial charge in [0.05, 0.1) is 6.42 Å². The van der Waals surface area contributed by atoms with E-state index >= 15 is 0 Å². The van der Waals surface area contributed by atoms with Crippen molar-refractivity contribution in [3.63, 3.8) is 0 Å². The van der Waals surface area contributed by atoms with Crippen molar-refractivity contribution in [2.75, 3.05) is 12.4 Å². The molecule has 1 aromatic rings. The van der Waals surface area contributed by atoms with Crippen LogP contribution in [0.25, 0.3) is 0 Å². The topological polar surface area (TPSA) is 99.3 Å². The maximum absolute atomic E-state index is 11.9. The molecule has 1 fully saturated rings. The first-order valence-electron chi connectivity index (χ1n) is 7.65. The molecule has 0 aliphatic heterocycles. The Balaban J connectivity index is 1.81. The van der Waals surface area contributed by atoms with Gasteiger partial charge in [-0.2, -0.15) is 0 Å². The molecule has 4 N–H and O–H groups in total. The van der Waals surface area contributed by atoms with Crippen LogP contribution < -0.4 is 21.3 Å². The summed E-state index contributed by atoms with van der Waals surface area (Å²) in [6.07, 6.45) is 2.25. The van der Waals surface area contributed by atoms with E-state index in [-0.39, 0.29) is 11.9 Å². The van der Waals surface area contributed by atoms with Gasteiger partial charge < -0.3 is 16.0 Å². The van der Waals surface area contributed by atoms with Crippen molar-refractivity contribution < 1.29 is 14.4 Å². The van der Waals surface area contributed by atoms with Gasteiger partial charge in [-0.25, -0.2) is 4.79 Å². The number of imide groups is 1. The molecule has 1 aromatic carbocycles. The van der Waals surface area contributed by atoms with E-state index in [0.717, 1.165) is 24.1 Å². The molecule has 23 heavy (non-hydrogen) atoms. The van der Waals surface area contributed by atoms with Gasteiger partial charge in [0.25, 0.3) is 0 Å². The highest BCUT2D eigenvalue weighted by atomic mass is 16.2. The van der Waals surface area contributed by atoms with E-state index in [9.17, 15) is 14.4 Å². The Kier molecular flexibility index (Phi) is 5.56. The smallest absolute Gasteiger partial charge is 0.321 e. The predicted octanol–water partition coefficient (Wildman–Crippen LogP) is 0.764. The second-order valence-electron chi connectivity index (χ2n) is 5.65. The molecule has 0 aromatic heterocycles. The third-order valence-electron chi connectivity index (χ3n) is 3.52. The number of hydrogen-bond acceptors (Lipinski definition) is 4. The number of likely N-dealkylation sites (N-methyl/N-ethyl adjacent to an activating group) is 1. The first-order valence-corrected chi connectivity index (χ1v) is 7.65. The van der Waals surface area contributed by atoms with E-state index in [4.69, 9.17) is 0 Å². The minimum Gasteiger partial charge on any atom is -0.374 e. The molecule has 4 amide bonds. The Morgan fingerprint density at radius 3 is 2.39 bits per heavy atom. The number of carbonyl (C=O) groups is 3. The zero-order valence-corrected chi connectivity index (χ0v) is 13.3. The van der Waals surface area contributed by atoms with Gasteiger partial charge in [-0.15, -0.1) is 0 Å². The maximum atomic E-state index is 11.9. The number of carbonyl (C=O) groups excluding carboxylic acids is 3. The van der Waals surface area contributed by atoms with Gasteiger partial charge in [-0.05, 0) is 37.5 Å². The van der Waals surface area contributed by atoms with Gasteiger partial charge >= 0.3 is 6.03 Å². The van der Waals surface area contributed by atoms with Gasteiger partial charge in [0.15, 0.2) is 0 Å². The summed E-state index contributed by atoms with van der Waals surface area (Å²) in [5, 5.41) is 10.6. The molecule has 2 rings (SSSR count). The maximum Gasteiger partial charge on any atom is 0.321 e. The fraction of sp³-hybridized carbons (Fsp3) is 0.438. The molecule has 0 saturated heterocycles. The number of anilines is 1. The van der Waals surface area contributed by atoms with Crippen molar-refractivity contribution in [3.05, 3.63) is 29.8 Å². The monoisotopic (exact) mass is 318 g/mol. The SMILES string of the molecule is CNC(=O)Cc1ccc(NC(C)C(=O)NC(=O)NC2CC2)cc1. The van der Waals surface area contributed by atoms with E-state index in [0.29, 0.717) is 6.42 Å². The molecule has 0 bridgehead atoms. The zero-order chi connectivity index (χ0) is 16.8. The quantitative estimate of drug-likeness (QED) is 0.622. The van der Waals surface area contributed by atoms with E-state index in [1.54, 1.807) is 26.1 Å². The van der Waals surface area contributed by atoms with Crippen LogP contribution >= 0.6 is 0 Å². The van der Waals surface area contributed by atoms with Crippen LogP contribution in [0.2, 0.25) is 0 Å². The average Bonchev–Trinajstić information content (AvgIpc) is 3.32. The number of amides is 4.